The summed E-state index contributed by atoms with van der Waals surface area (Å²) in [5, 5.41) is 39.8. The number of ether oxygens (including phenoxy) is 1. The number of rotatable bonds is 9. The number of aliphatic hydroxyl groups excluding tert-OH is 1. The monoisotopic (exact) mass is 415 g/mol. The second kappa shape index (κ2) is 9.62. The first-order valence-electron chi connectivity index (χ1n) is 9.02. The van der Waals surface area contributed by atoms with E-state index in [0.717, 1.165) is 0 Å². The Labute approximate surface area is 165 Å². The molecule has 7 N–H and O–H groups in total. The Morgan fingerprint density at radius 3 is 2.41 bits per heavy atom. The zero-order valence-corrected chi connectivity index (χ0v) is 15.8. The average molecular weight is 415 g/mol. The van der Waals surface area contributed by atoms with Crippen LogP contribution in [0.4, 0.5) is 4.79 Å². The fourth-order valence-electron chi connectivity index (χ4n) is 2.78. The third-order valence-electron chi connectivity index (χ3n) is 4.54. The predicted molar refractivity (Wildman–Crippen MR) is 94.6 cm³/mol. The van der Waals surface area contributed by atoms with Crippen LogP contribution in [0.3, 0.4) is 0 Å². The molecule has 162 valence electrons. The maximum absolute atomic E-state index is 12.2. The molecular weight excluding hydrogens is 390 g/mol. The van der Waals surface area contributed by atoms with Crippen molar-refractivity contribution < 1.29 is 38.9 Å². The first-order valence-corrected chi connectivity index (χ1v) is 9.02. The van der Waals surface area contributed by atoms with Gasteiger partial charge in [-0.1, -0.05) is 0 Å². The molecule has 3 unspecified atom stereocenters. The van der Waals surface area contributed by atoms with Gasteiger partial charge in [0.25, 0.3) is 0 Å². The number of aromatic nitrogens is 2. The van der Waals surface area contributed by atoms with E-state index >= 15 is 0 Å². The van der Waals surface area contributed by atoms with Crippen LogP contribution in [0.1, 0.15) is 50.4 Å². The van der Waals surface area contributed by atoms with Crippen molar-refractivity contribution >= 4 is 18.0 Å². The van der Waals surface area contributed by atoms with E-state index in [1.807, 2.05) is 0 Å². The van der Waals surface area contributed by atoms with E-state index in [4.69, 9.17) is 25.1 Å². The Morgan fingerprint density at radius 2 is 1.86 bits per heavy atom. The Kier molecular flexibility index (Phi) is 7.47. The van der Waals surface area contributed by atoms with Crippen LogP contribution in [0.2, 0.25) is 0 Å². The van der Waals surface area contributed by atoms with Gasteiger partial charge in [-0.05, 0) is 26.2 Å². The van der Waals surface area contributed by atoms with Gasteiger partial charge in [0, 0.05) is 19.6 Å². The van der Waals surface area contributed by atoms with E-state index in [0.29, 0.717) is 26.1 Å². The molecule has 3 atom stereocenters. The summed E-state index contributed by atoms with van der Waals surface area (Å²) < 4.78 is 10.9. The molecule has 1 aromatic rings. The number of aliphatic carboxylic acids is 2. The van der Waals surface area contributed by atoms with E-state index in [1.165, 1.54) is 6.92 Å². The highest BCUT2D eigenvalue weighted by molar-refractivity contribution is 5.83. The van der Waals surface area contributed by atoms with Crippen molar-refractivity contribution in [2.24, 2.45) is 5.73 Å². The minimum atomic E-state index is -1.55. The number of carboxylic acid groups (broad SMARTS) is 2. The maximum atomic E-state index is 12.2. The van der Waals surface area contributed by atoms with Gasteiger partial charge in [-0.2, -0.15) is 0 Å². The normalized spacial score (nSPS) is 19.0. The first-order chi connectivity index (χ1) is 13.6. The van der Waals surface area contributed by atoms with Gasteiger partial charge in [0.05, 0.1) is 11.6 Å². The number of carboxylic acids is 2. The molecule has 0 aromatic carbocycles. The van der Waals surface area contributed by atoms with Gasteiger partial charge in [0.2, 0.25) is 11.8 Å². The molecule has 29 heavy (non-hydrogen) atoms. The Balaban J connectivity index is 2.14. The molecule has 0 aliphatic carbocycles. The predicted octanol–water partition coefficient (Wildman–Crippen LogP) is -0.927. The standard InChI is InChI=1S/C16H25N5O8/c1-8(22)11(13(25)26)19-15(27)18-9(2-3-10(23)24)12-20-21-14(29-12)16(17)4-6-28-7-5-16/h8-9,11,22H,2-7,17H2,1H3,(H,23,24)(H,25,26)(H2,18,19,27). The van der Waals surface area contributed by atoms with Crippen molar-refractivity contribution in [1.82, 2.24) is 20.8 Å². The molecule has 13 heteroatoms. The summed E-state index contributed by atoms with van der Waals surface area (Å²) in [5.74, 6) is -2.45. The quantitative estimate of drug-likeness (QED) is 0.290. The third-order valence-corrected chi connectivity index (χ3v) is 4.54. The summed E-state index contributed by atoms with van der Waals surface area (Å²) in [4.78, 5) is 34.2. The smallest absolute Gasteiger partial charge is 0.328 e. The van der Waals surface area contributed by atoms with E-state index in [-0.39, 0.29) is 24.6 Å². The largest absolute Gasteiger partial charge is 0.481 e. The molecule has 13 nitrogen and oxygen atoms in total. The summed E-state index contributed by atoms with van der Waals surface area (Å²) in [6.45, 7) is 2.06. The number of nitrogens with one attached hydrogen (secondary N) is 2. The molecule has 2 amide bonds. The SMILES string of the molecule is CC(O)C(NC(=O)NC(CCC(=O)O)c1nnc(C2(N)CCOCC2)o1)C(=O)O. The molecule has 1 aliphatic heterocycles. The van der Waals surface area contributed by atoms with Crippen molar-refractivity contribution in [3.63, 3.8) is 0 Å². The van der Waals surface area contributed by atoms with Crippen molar-refractivity contribution in [1.29, 1.82) is 0 Å². The topological polar surface area (TPSA) is 210 Å². The van der Waals surface area contributed by atoms with Gasteiger partial charge in [-0.25, -0.2) is 9.59 Å². The van der Waals surface area contributed by atoms with Crippen LogP contribution in [0.25, 0.3) is 0 Å². The Hall–Kier alpha value is -2.77. The molecule has 0 spiro atoms. The highest BCUT2D eigenvalue weighted by Crippen LogP contribution is 2.30. The number of aliphatic hydroxyl groups is 1. The Bertz CT molecular complexity index is 731. The minimum Gasteiger partial charge on any atom is -0.481 e. The summed E-state index contributed by atoms with van der Waals surface area (Å²) in [6, 6.07) is -3.50. The molecule has 1 aromatic heterocycles. The highest BCUT2D eigenvalue weighted by Gasteiger charge is 2.36. The second-order valence-electron chi connectivity index (χ2n) is 6.87. The molecule has 1 saturated heterocycles. The van der Waals surface area contributed by atoms with Gasteiger partial charge < -0.3 is 40.8 Å². The van der Waals surface area contributed by atoms with E-state index in [2.05, 4.69) is 20.8 Å². The number of carbonyl (C=O) groups is 3. The van der Waals surface area contributed by atoms with Crippen LogP contribution in [0, 0.1) is 0 Å². The molecule has 1 fully saturated rings. The number of carbonyl (C=O) groups excluding carboxylic acids is 1. The molecular formula is C16H25N5O8. The summed E-state index contributed by atoms with van der Waals surface area (Å²) in [7, 11) is 0. The number of amides is 2. The number of nitrogens with two attached hydrogens (primary N) is 1. The van der Waals surface area contributed by atoms with Gasteiger partial charge in [0.15, 0.2) is 6.04 Å². The molecule has 2 rings (SSSR count). The van der Waals surface area contributed by atoms with Crippen LogP contribution in [-0.4, -0.2) is 68.8 Å². The van der Waals surface area contributed by atoms with Gasteiger partial charge in [-0.15, -0.1) is 10.2 Å². The van der Waals surface area contributed by atoms with Crippen LogP contribution in [0.5, 0.6) is 0 Å². The summed E-state index contributed by atoms with van der Waals surface area (Å²) in [6.07, 6.45) is -0.842. The number of hydrogen-bond donors (Lipinski definition) is 6. The fraction of sp³-hybridized carbons (Fsp3) is 0.688. The van der Waals surface area contributed by atoms with Gasteiger partial charge in [0.1, 0.15) is 6.04 Å². The van der Waals surface area contributed by atoms with Crippen LogP contribution in [0.15, 0.2) is 4.42 Å². The lowest BCUT2D eigenvalue weighted by Crippen LogP contribution is -2.51. The summed E-state index contributed by atoms with van der Waals surface area (Å²) in [5.41, 5.74) is 5.40. The maximum Gasteiger partial charge on any atom is 0.328 e. The van der Waals surface area contributed by atoms with Crippen LogP contribution in [-0.2, 0) is 19.9 Å². The van der Waals surface area contributed by atoms with E-state index < -0.39 is 41.7 Å². The average Bonchev–Trinajstić information content (AvgIpc) is 3.14. The Morgan fingerprint density at radius 1 is 1.21 bits per heavy atom. The third kappa shape index (κ3) is 6.10. The first kappa shape index (κ1) is 22.5. The molecule has 0 saturated carbocycles. The zero-order chi connectivity index (χ0) is 21.6. The molecule has 2 heterocycles. The lowest BCUT2D eigenvalue weighted by Gasteiger charge is -2.29. The molecule has 0 bridgehead atoms. The van der Waals surface area contributed by atoms with Crippen LogP contribution < -0.4 is 16.4 Å². The number of nitrogens with zero attached hydrogens (tertiary/aromatic N) is 2. The molecule has 1 aliphatic rings. The van der Waals surface area contributed by atoms with Crippen LogP contribution >= 0.6 is 0 Å². The lowest BCUT2D eigenvalue weighted by atomic mass is 9.91. The summed E-state index contributed by atoms with van der Waals surface area (Å²) >= 11 is 0. The number of urea groups is 1. The van der Waals surface area contributed by atoms with Gasteiger partial charge in [-0.3, -0.25) is 4.79 Å². The fourth-order valence-corrected chi connectivity index (χ4v) is 2.78. The zero-order valence-electron chi connectivity index (χ0n) is 15.8. The van der Waals surface area contributed by atoms with Crippen molar-refractivity contribution in [3.05, 3.63) is 11.8 Å². The van der Waals surface area contributed by atoms with E-state index in [1.54, 1.807) is 0 Å². The van der Waals surface area contributed by atoms with E-state index in [9.17, 15) is 19.5 Å². The van der Waals surface area contributed by atoms with Crippen molar-refractivity contribution in [2.75, 3.05) is 13.2 Å². The minimum absolute atomic E-state index is 0.0587. The second-order valence-corrected chi connectivity index (χ2v) is 6.87. The lowest BCUT2D eigenvalue weighted by molar-refractivity contribution is -0.141. The highest BCUT2D eigenvalue weighted by atomic mass is 16.5. The van der Waals surface area contributed by atoms with Gasteiger partial charge >= 0.3 is 18.0 Å². The molecule has 0 radical (unpaired) electrons. The van der Waals surface area contributed by atoms with Crippen molar-refractivity contribution in [3.8, 4) is 0 Å². The van der Waals surface area contributed by atoms with Crippen molar-refractivity contribution in [2.45, 2.75) is 56.3 Å². The number of hydrogen-bond acceptors (Lipinski definition) is 9.